The summed E-state index contributed by atoms with van der Waals surface area (Å²) in [5.74, 6) is 0. The zero-order chi connectivity index (χ0) is 15.3. The molecule has 0 aromatic heterocycles. The number of nitrogens with zero attached hydrogens (tertiary/aromatic N) is 2. The summed E-state index contributed by atoms with van der Waals surface area (Å²) in [5, 5.41) is 17.9. The molecule has 21 heavy (non-hydrogen) atoms. The van der Waals surface area contributed by atoms with Crippen molar-refractivity contribution in [3.05, 3.63) is 24.3 Å². The Balaban J connectivity index is 1.95. The second-order valence-electron chi connectivity index (χ2n) is 6.42. The van der Waals surface area contributed by atoms with Gasteiger partial charge in [-0.2, -0.15) is 0 Å². The lowest BCUT2D eigenvalue weighted by Crippen LogP contribution is -2.18. The number of aliphatic hydroxyl groups is 2. The Bertz CT molecular complexity index is 449. The summed E-state index contributed by atoms with van der Waals surface area (Å²) >= 11 is 0. The van der Waals surface area contributed by atoms with Gasteiger partial charge in [0.25, 0.3) is 0 Å². The molecule has 0 saturated carbocycles. The van der Waals surface area contributed by atoms with Crippen LogP contribution in [0.4, 0.5) is 0 Å². The van der Waals surface area contributed by atoms with Crippen LogP contribution in [0.5, 0.6) is 0 Å². The van der Waals surface area contributed by atoms with Crippen LogP contribution in [-0.4, -0.2) is 45.9 Å². The largest absolute Gasteiger partial charge is 0.396 e. The monoisotopic (exact) mass is 290 g/mol. The number of hydrogen-bond acceptors (Lipinski definition) is 4. The van der Waals surface area contributed by atoms with Crippen LogP contribution in [0.15, 0.2) is 34.3 Å². The fourth-order valence-corrected chi connectivity index (χ4v) is 2.89. The molecule has 0 aromatic rings. The van der Waals surface area contributed by atoms with Gasteiger partial charge in [0, 0.05) is 31.1 Å². The fourth-order valence-electron chi connectivity index (χ4n) is 2.89. The summed E-state index contributed by atoms with van der Waals surface area (Å²) in [5.41, 5.74) is 1.79. The van der Waals surface area contributed by atoms with Crippen molar-refractivity contribution in [2.24, 2.45) is 9.98 Å². The lowest BCUT2D eigenvalue weighted by Gasteiger charge is -2.18. The minimum absolute atomic E-state index is 0.166. The number of rotatable bonds is 8. The molecule has 2 rings (SSSR count). The van der Waals surface area contributed by atoms with E-state index in [0.29, 0.717) is 0 Å². The van der Waals surface area contributed by atoms with Crippen molar-refractivity contribution in [3.8, 4) is 0 Å². The molecule has 116 valence electrons. The highest BCUT2D eigenvalue weighted by atomic mass is 16.3. The molecule has 0 radical (unpaired) electrons. The standard InChI is InChI=1S/C17H26N2O2/c1-16(7-3-11-20)9-5-14(18-16)13-15-6-10-17(2,19-15)8-4-12-21/h5-6,9-10,20-21H,3-4,7-8,11-13H2,1-2H3. The van der Waals surface area contributed by atoms with E-state index in [2.05, 4.69) is 38.2 Å². The predicted molar refractivity (Wildman–Crippen MR) is 87.2 cm³/mol. The van der Waals surface area contributed by atoms with E-state index in [1.54, 1.807) is 0 Å². The zero-order valence-electron chi connectivity index (χ0n) is 13.0. The molecule has 4 nitrogen and oxygen atoms in total. The normalized spacial score (nSPS) is 30.9. The van der Waals surface area contributed by atoms with Crippen LogP contribution >= 0.6 is 0 Å². The minimum atomic E-state index is -0.166. The van der Waals surface area contributed by atoms with Crippen molar-refractivity contribution in [1.29, 1.82) is 0 Å². The zero-order valence-corrected chi connectivity index (χ0v) is 13.0. The van der Waals surface area contributed by atoms with E-state index in [1.165, 1.54) is 0 Å². The molecule has 2 N–H and O–H groups in total. The van der Waals surface area contributed by atoms with Crippen LogP contribution in [0.2, 0.25) is 0 Å². The van der Waals surface area contributed by atoms with Crippen LogP contribution in [0.1, 0.15) is 46.0 Å². The molecule has 2 aliphatic heterocycles. The highest BCUT2D eigenvalue weighted by molar-refractivity contribution is 6.15. The van der Waals surface area contributed by atoms with Crippen molar-refractivity contribution < 1.29 is 10.2 Å². The van der Waals surface area contributed by atoms with Gasteiger partial charge in [0.15, 0.2) is 0 Å². The van der Waals surface area contributed by atoms with Gasteiger partial charge >= 0.3 is 0 Å². The van der Waals surface area contributed by atoms with E-state index >= 15 is 0 Å². The third-order valence-corrected chi connectivity index (χ3v) is 4.11. The van der Waals surface area contributed by atoms with Crippen LogP contribution < -0.4 is 0 Å². The SMILES string of the molecule is CC1(CCCO)C=CC(CC2=NC(C)(CCCO)C=C2)=N1. The van der Waals surface area contributed by atoms with Gasteiger partial charge in [-0.05, 0) is 51.7 Å². The first-order valence-electron chi connectivity index (χ1n) is 7.76. The predicted octanol–water partition coefficient (Wildman–Crippen LogP) is 2.46. The number of aliphatic hydroxyl groups excluding tert-OH is 2. The first-order valence-corrected chi connectivity index (χ1v) is 7.76. The van der Waals surface area contributed by atoms with Gasteiger partial charge in [-0.3, -0.25) is 9.98 Å². The maximum Gasteiger partial charge on any atom is 0.0767 e. The molecule has 0 aliphatic carbocycles. The molecule has 0 aromatic carbocycles. The van der Waals surface area contributed by atoms with E-state index < -0.39 is 0 Å². The minimum Gasteiger partial charge on any atom is -0.396 e. The van der Waals surface area contributed by atoms with Crippen LogP contribution in [0.25, 0.3) is 0 Å². The summed E-state index contributed by atoms with van der Waals surface area (Å²) in [7, 11) is 0. The van der Waals surface area contributed by atoms with Gasteiger partial charge in [-0.1, -0.05) is 12.2 Å². The first-order chi connectivity index (χ1) is 9.99. The third kappa shape index (κ3) is 4.35. The van der Waals surface area contributed by atoms with Crippen LogP contribution in [0, 0.1) is 0 Å². The molecule has 2 atom stereocenters. The Morgan fingerprint density at radius 1 is 0.857 bits per heavy atom. The number of aliphatic imine (C=N–C) groups is 2. The molecule has 4 heteroatoms. The smallest absolute Gasteiger partial charge is 0.0767 e. The Labute approximate surface area is 127 Å². The summed E-state index contributed by atoms with van der Waals surface area (Å²) in [4.78, 5) is 9.54. The van der Waals surface area contributed by atoms with E-state index in [9.17, 15) is 0 Å². The molecular formula is C17H26N2O2. The highest BCUT2D eigenvalue weighted by Gasteiger charge is 2.27. The van der Waals surface area contributed by atoms with Gasteiger partial charge in [0.05, 0.1) is 11.1 Å². The molecule has 2 heterocycles. The molecule has 2 aliphatic rings. The lowest BCUT2D eigenvalue weighted by atomic mass is 9.98. The second kappa shape index (κ2) is 6.67. The third-order valence-electron chi connectivity index (χ3n) is 4.11. The van der Waals surface area contributed by atoms with Crippen molar-refractivity contribution >= 4 is 11.4 Å². The topological polar surface area (TPSA) is 65.2 Å². The van der Waals surface area contributed by atoms with Gasteiger partial charge in [0.2, 0.25) is 0 Å². The molecule has 0 bridgehead atoms. The molecule has 0 saturated heterocycles. The maximum atomic E-state index is 8.95. The van der Waals surface area contributed by atoms with E-state index in [4.69, 9.17) is 20.2 Å². The van der Waals surface area contributed by atoms with Crippen molar-refractivity contribution in [2.75, 3.05) is 13.2 Å². The molecule has 0 amide bonds. The van der Waals surface area contributed by atoms with E-state index in [0.717, 1.165) is 43.5 Å². The molecule has 0 spiro atoms. The van der Waals surface area contributed by atoms with Crippen molar-refractivity contribution in [1.82, 2.24) is 0 Å². The van der Waals surface area contributed by atoms with E-state index in [-0.39, 0.29) is 24.3 Å². The van der Waals surface area contributed by atoms with Crippen LogP contribution in [0.3, 0.4) is 0 Å². The Morgan fingerprint density at radius 3 is 1.67 bits per heavy atom. The quantitative estimate of drug-likeness (QED) is 0.721. The Hall–Kier alpha value is -1.26. The van der Waals surface area contributed by atoms with Gasteiger partial charge in [0.1, 0.15) is 0 Å². The average molecular weight is 290 g/mol. The maximum absolute atomic E-state index is 8.95. The van der Waals surface area contributed by atoms with Gasteiger partial charge < -0.3 is 10.2 Å². The molecule has 2 unspecified atom stereocenters. The summed E-state index contributed by atoms with van der Waals surface area (Å²) in [6, 6.07) is 0. The van der Waals surface area contributed by atoms with Crippen LogP contribution in [-0.2, 0) is 0 Å². The number of hydrogen-bond donors (Lipinski definition) is 2. The fraction of sp³-hybridized carbons (Fsp3) is 0.647. The van der Waals surface area contributed by atoms with Crippen molar-refractivity contribution in [2.45, 2.75) is 57.0 Å². The second-order valence-corrected chi connectivity index (χ2v) is 6.42. The molecule has 0 fully saturated rings. The van der Waals surface area contributed by atoms with E-state index in [1.807, 2.05) is 0 Å². The van der Waals surface area contributed by atoms with Gasteiger partial charge in [-0.15, -0.1) is 0 Å². The summed E-state index contributed by atoms with van der Waals surface area (Å²) in [6.07, 6.45) is 12.5. The van der Waals surface area contributed by atoms with Crippen molar-refractivity contribution in [3.63, 3.8) is 0 Å². The highest BCUT2D eigenvalue weighted by Crippen LogP contribution is 2.28. The summed E-state index contributed by atoms with van der Waals surface area (Å²) < 4.78 is 0. The van der Waals surface area contributed by atoms with Gasteiger partial charge in [-0.25, -0.2) is 0 Å². The lowest BCUT2D eigenvalue weighted by molar-refractivity contribution is 0.274. The molecular weight excluding hydrogens is 264 g/mol. The Kier molecular flexibility index (Phi) is 5.12. The average Bonchev–Trinajstić information content (AvgIpc) is 3.00. The number of allylic oxidation sites excluding steroid dienone is 2. The Morgan fingerprint density at radius 2 is 1.29 bits per heavy atom. The summed E-state index contributed by atoms with van der Waals surface area (Å²) in [6.45, 7) is 4.63. The first kappa shape index (κ1) is 16.1.